The maximum Gasteiger partial charge on any atom is 0.267 e. The summed E-state index contributed by atoms with van der Waals surface area (Å²) in [5.74, 6) is 0.0653. The molecule has 0 spiro atoms. The van der Waals surface area contributed by atoms with Crippen LogP contribution in [0.5, 0.6) is 5.75 Å². The van der Waals surface area contributed by atoms with Gasteiger partial charge in [-0.15, -0.1) is 0 Å². The molecule has 47 heavy (non-hydrogen) atoms. The van der Waals surface area contributed by atoms with Gasteiger partial charge in [0.15, 0.2) is 0 Å². The molecule has 3 fully saturated rings. The number of halogens is 2. The van der Waals surface area contributed by atoms with Crippen LogP contribution < -0.4 is 26.2 Å². The lowest BCUT2D eigenvalue weighted by Gasteiger charge is -2.36. The second-order valence-electron chi connectivity index (χ2n) is 12.6. The van der Waals surface area contributed by atoms with Crippen molar-refractivity contribution in [1.82, 2.24) is 14.9 Å². The molecule has 14 heteroatoms. The molecule has 11 nitrogen and oxygen atoms in total. The third kappa shape index (κ3) is 8.92. The summed E-state index contributed by atoms with van der Waals surface area (Å²) in [7, 11) is 0. The number of carbonyl (C=O) groups excluding carboxylic acids is 1. The fourth-order valence-electron chi connectivity index (χ4n) is 6.10. The van der Waals surface area contributed by atoms with Crippen LogP contribution in [0.2, 0.25) is 0 Å². The van der Waals surface area contributed by atoms with Crippen molar-refractivity contribution < 1.29 is 28.2 Å². The molecule has 1 saturated heterocycles. The summed E-state index contributed by atoms with van der Waals surface area (Å²) in [6.45, 7) is 4.96. The summed E-state index contributed by atoms with van der Waals surface area (Å²) in [6, 6.07) is 7.43. The number of hydrogen-bond acceptors (Lipinski definition) is 10. The van der Waals surface area contributed by atoms with Gasteiger partial charge in [0.2, 0.25) is 6.23 Å². The number of H-pyrrole nitrogens is 1. The quantitative estimate of drug-likeness (QED) is 0.188. The van der Waals surface area contributed by atoms with Gasteiger partial charge >= 0.3 is 0 Å². The summed E-state index contributed by atoms with van der Waals surface area (Å²) in [5.41, 5.74) is 5.66. The number of benzene rings is 2. The number of aromatic amines is 1. The SMILES string of the molecule is NC(=O)C(O)Nc1ccc(N2CCN(CCOC3CCC(SCc4nc5cc(OCC6CC6)cc(F)c5c(=O)[nH]4)CC3)CC2)c(F)c1. The molecule has 2 aromatic carbocycles. The van der Waals surface area contributed by atoms with Crippen LogP contribution in [0.1, 0.15) is 44.3 Å². The number of aliphatic hydroxyl groups excluding tert-OH is 1. The first-order valence-corrected chi connectivity index (χ1v) is 17.4. The van der Waals surface area contributed by atoms with Crippen LogP contribution in [0, 0.1) is 17.6 Å². The fraction of sp³-hybridized carbons (Fsp3) is 0.545. The molecule has 0 bridgehead atoms. The van der Waals surface area contributed by atoms with Gasteiger partial charge in [0, 0.05) is 55.8 Å². The zero-order chi connectivity index (χ0) is 32.9. The van der Waals surface area contributed by atoms with E-state index < -0.39 is 29.3 Å². The summed E-state index contributed by atoms with van der Waals surface area (Å²) in [6.07, 6.45) is 4.90. The fourth-order valence-corrected chi connectivity index (χ4v) is 7.24. The highest BCUT2D eigenvalue weighted by molar-refractivity contribution is 7.99. The Morgan fingerprint density at radius 2 is 1.85 bits per heavy atom. The zero-order valence-electron chi connectivity index (χ0n) is 26.3. The Balaban J connectivity index is 0.890. The Morgan fingerprint density at radius 1 is 1.09 bits per heavy atom. The molecule has 2 heterocycles. The van der Waals surface area contributed by atoms with Crippen LogP contribution in [0.4, 0.5) is 20.2 Å². The van der Waals surface area contributed by atoms with Gasteiger partial charge < -0.3 is 35.5 Å². The number of amides is 1. The topological polar surface area (TPSA) is 146 Å². The number of nitrogens with one attached hydrogen (secondary N) is 2. The molecule has 3 aromatic rings. The largest absolute Gasteiger partial charge is 0.493 e. The van der Waals surface area contributed by atoms with E-state index in [1.54, 1.807) is 30.0 Å². The van der Waals surface area contributed by atoms with Crippen LogP contribution in [0.15, 0.2) is 35.1 Å². The number of nitrogens with zero attached hydrogens (tertiary/aromatic N) is 3. The Bertz CT molecular complexity index is 1610. The number of primary amides is 1. The number of carbonyl (C=O) groups is 1. The van der Waals surface area contributed by atoms with Crippen LogP contribution in [0.3, 0.4) is 0 Å². The number of thioether (sulfide) groups is 1. The second-order valence-corrected chi connectivity index (χ2v) is 13.9. The van der Waals surface area contributed by atoms with Gasteiger partial charge in [-0.05, 0) is 62.6 Å². The van der Waals surface area contributed by atoms with Gasteiger partial charge in [-0.1, -0.05) is 0 Å². The van der Waals surface area contributed by atoms with Gasteiger partial charge in [-0.25, -0.2) is 13.8 Å². The lowest BCUT2D eigenvalue weighted by atomic mass is 9.97. The first-order valence-electron chi connectivity index (χ1n) is 16.3. The number of aliphatic hydroxyl groups is 1. The minimum absolute atomic E-state index is 0.0320. The van der Waals surface area contributed by atoms with Crippen molar-refractivity contribution >= 4 is 39.9 Å². The van der Waals surface area contributed by atoms with E-state index in [1.165, 1.54) is 12.1 Å². The van der Waals surface area contributed by atoms with E-state index in [0.29, 0.717) is 66.0 Å². The zero-order valence-corrected chi connectivity index (χ0v) is 27.1. The number of rotatable bonds is 14. The monoisotopic (exact) mass is 672 g/mol. The lowest BCUT2D eigenvalue weighted by Crippen LogP contribution is -2.47. The van der Waals surface area contributed by atoms with E-state index >= 15 is 0 Å². The molecule has 1 aliphatic heterocycles. The molecule has 254 valence electrons. The number of piperazine rings is 1. The Morgan fingerprint density at radius 3 is 2.55 bits per heavy atom. The molecular formula is C33H42F2N6O5S. The summed E-state index contributed by atoms with van der Waals surface area (Å²) in [5, 5.41) is 12.4. The van der Waals surface area contributed by atoms with E-state index in [2.05, 4.69) is 20.2 Å². The number of nitrogens with two attached hydrogens (primary N) is 1. The number of hydrogen-bond donors (Lipinski definition) is 4. The smallest absolute Gasteiger partial charge is 0.267 e. The predicted octanol–water partition coefficient (Wildman–Crippen LogP) is 3.59. The highest BCUT2D eigenvalue weighted by Gasteiger charge is 2.25. The molecule has 1 aromatic heterocycles. The van der Waals surface area contributed by atoms with E-state index in [4.69, 9.17) is 15.2 Å². The van der Waals surface area contributed by atoms with Crippen molar-refractivity contribution in [2.75, 3.05) is 56.2 Å². The van der Waals surface area contributed by atoms with E-state index in [9.17, 15) is 23.5 Å². The van der Waals surface area contributed by atoms with Crippen molar-refractivity contribution in [2.24, 2.45) is 11.7 Å². The molecule has 1 amide bonds. The maximum atomic E-state index is 14.8. The van der Waals surface area contributed by atoms with E-state index in [0.717, 1.165) is 58.2 Å². The molecule has 3 aliphatic rings. The summed E-state index contributed by atoms with van der Waals surface area (Å²) in [4.78, 5) is 35.3. The third-order valence-corrected chi connectivity index (χ3v) is 10.4. The van der Waals surface area contributed by atoms with E-state index in [1.807, 2.05) is 4.90 Å². The maximum absolute atomic E-state index is 14.8. The number of fused-ring (bicyclic) bond motifs is 1. The van der Waals surface area contributed by atoms with Crippen molar-refractivity contribution in [3.05, 3.63) is 58.1 Å². The second kappa shape index (κ2) is 15.2. The van der Waals surface area contributed by atoms with Crippen LogP contribution in [0.25, 0.3) is 10.9 Å². The number of anilines is 2. The van der Waals surface area contributed by atoms with Crippen LogP contribution in [-0.2, 0) is 15.3 Å². The van der Waals surface area contributed by atoms with Gasteiger partial charge in [0.05, 0.1) is 36.3 Å². The molecule has 5 N–H and O–H groups in total. The van der Waals surface area contributed by atoms with Gasteiger partial charge in [-0.3, -0.25) is 14.5 Å². The highest BCUT2D eigenvalue weighted by Crippen LogP contribution is 2.33. The third-order valence-electron chi connectivity index (χ3n) is 9.04. The predicted molar refractivity (Wildman–Crippen MR) is 178 cm³/mol. The minimum Gasteiger partial charge on any atom is -0.493 e. The lowest BCUT2D eigenvalue weighted by molar-refractivity contribution is -0.124. The Labute approximate surface area is 276 Å². The van der Waals surface area contributed by atoms with Crippen LogP contribution in [-0.4, -0.2) is 89.4 Å². The van der Waals surface area contributed by atoms with Crippen molar-refractivity contribution in [3.63, 3.8) is 0 Å². The van der Waals surface area contributed by atoms with Gasteiger partial charge in [0.1, 0.15) is 28.6 Å². The standard InChI is InChI=1S/C33H42F2N6O5S/c34-25-15-21(37-33(44)31(36)42)3-8-28(25)41-11-9-40(10-12-41)13-14-45-22-4-6-24(7-5-22)47-19-29-38-27-17-23(46-18-20-1-2-20)16-26(35)30(27)32(43)39-29/h3,8,15-17,20,22,24,33,37,44H,1-2,4-7,9-14,18-19H2,(H2,36,42)(H,38,39,43). The first-order chi connectivity index (χ1) is 22.7. The van der Waals surface area contributed by atoms with Crippen molar-refractivity contribution in [2.45, 2.75) is 61.9 Å². The normalized spacial score (nSPS) is 21.1. The minimum atomic E-state index is -1.58. The number of aromatic nitrogens is 2. The summed E-state index contributed by atoms with van der Waals surface area (Å²) >= 11 is 1.76. The Hall–Kier alpha value is -3.46. The summed E-state index contributed by atoms with van der Waals surface area (Å²) < 4.78 is 41.3. The molecule has 2 aliphatic carbocycles. The van der Waals surface area contributed by atoms with Gasteiger partial charge in [-0.2, -0.15) is 11.8 Å². The average Bonchev–Trinajstić information content (AvgIpc) is 3.88. The number of ether oxygens (including phenoxy) is 2. The molecule has 0 radical (unpaired) electrons. The van der Waals surface area contributed by atoms with Crippen molar-refractivity contribution in [1.29, 1.82) is 0 Å². The Kier molecular flexibility index (Phi) is 10.8. The van der Waals surface area contributed by atoms with Crippen molar-refractivity contribution in [3.8, 4) is 5.75 Å². The molecule has 6 rings (SSSR count). The average molecular weight is 673 g/mol. The molecule has 2 saturated carbocycles. The van der Waals surface area contributed by atoms with E-state index in [-0.39, 0.29) is 17.2 Å². The highest BCUT2D eigenvalue weighted by atomic mass is 32.2. The molecule has 1 atom stereocenters. The van der Waals surface area contributed by atoms with Crippen LogP contribution >= 0.6 is 11.8 Å². The molecule has 1 unspecified atom stereocenters. The molecular weight excluding hydrogens is 630 g/mol. The van der Waals surface area contributed by atoms with Gasteiger partial charge in [0.25, 0.3) is 11.5 Å². The first kappa shape index (κ1) is 33.4.